The average molecular weight is 652 g/mol. The number of thiazole rings is 1. The van der Waals surface area contributed by atoms with Crippen LogP contribution in [0.2, 0.25) is 0 Å². The summed E-state index contributed by atoms with van der Waals surface area (Å²) in [6, 6.07) is -1.78. The van der Waals surface area contributed by atoms with Gasteiger partial charge in [0.05, 0.1) is 6.04 Å². The Balaban J connectivity index is 2.50. The molecule has 1 saturated heterocycles. The van der Waals surface area contributed by atoms with Crippen molar-refractivity contribution in [2.24, 2.45) is 17.8 Å². The number of esters is 2. The quantitative estimate of drug-likeness (QED) is 0.201. The fraction of sp³-hybridized carbons (Fsp3) is 0.750. The topological polar surface area (TPSA) is 147 Å². The number of aromatic nitrogens is 1. The molecule has 1 aromatic heterocycles. The van der Waals surface area contributed by atoms with E-state index >= 15 is 0 Å². The van der Waals surface area contributed by atoms with Crippen molar-refractivity contribution in [1.29, 1.82) is 0 Å². The predicted octanol–water partition coefficient (Wildman–Crippen LogP) is 3.91. The van der Waals surface area contributed by atoms with Crippen LogP contribution in [0, 0.1) is 17.8 Å². The monoisotopic (exact) mass is 651 g/mol. The van der Waals surface area contributed by atoms with E-state index < -0.39 is 30.1 Å². The average Bonchev–Trinajstić information content (AvgIpc) is 3.47. The first-order chi connectivity index (χ1) is 21.2. The number of hydrogen-bond donors (Lipinski definition) is 2. The molecule has 254 valence electrons. The fourth-order valence-corrected chi connectivity index (χ4v) is 6.26. The molecule has 1 unspecified atom stereocenters. The molecule has 0 saturated carbocycles. The Labute approximate surface area is 272 Å². The van der Waals surface area contributed by atoms with Crippen LogP contribution in [0.25, 0.3) is 0 Å². The minimum absolute atomic E-state index is 0.0648. The van der Waals surface area contributed by atoms with Crippen molar-refractivity contribution in [3.05, 3.63) is 16.1 Å². The number of carbonyl (C=O) groups is 5. The van der Waals surface area contributed by atoms with Gasteiger partial charge in [0.2, 0.25) is 11.8 Å². The third-order valence-electron chi connectivity index (χ3n) is 8.26. The lowest BCUT2D eigenvalue weighted by Gasteiger charge is -2.39. The van der Waals surface area contributed by atoms with Crippen LogP contribution in [0.15, 0.2) is 5.38 Å². The Bertz CT molecular complexity index is 1160. The van der Waals surface area contributed by atoms with E-state index in [0.717, 1.165) is 19.4 Å². The number of likely N-dealkylation sites (N-methyl/N-ethyl adjacent to an activating group) is 1. The molecule has 12 nitrogen and oxygen atoms in total. The van der Waals surface area contributed by atoms with Crippen molar-refractivity contribution in [3.8, 4) is 0 Å². The van der Waals surface area contributed by atoms with Crippen molar-refractivity contribution in [3.63, 3.8) is 0 Å². The summed E-state index contributed by atoms with van der Waals surface area (Å²) >= 11 is 1.18. The number of piperidine rings is 1. The summed E-state index contributed by atoms with van der Waals surface area (Å²) in [7, 11) is 3.42. The van der Waals surface area contributed by atoms with Crippen LogP contribution in [0.3, 0.4) is 0 Å². The summed E-state index contributed by atoms with van der Waals surface area (Å²) < 4.78 is 11.4. The third-order valence-corrected chi connectivity index (χ3v) is 9.20. The predicted molar refractivity (Wildman–Crippen MR) is 172 cm³/mol. The number of ether oxygens (including phenoxy) is 2. The molecule has 1 aliphatic heterocycles. The van der Waals surface area contributed by atoms with E-state index in [2.05, 4.69) is 15.6 Å². The molecular formula is C32H53N5O7S. The van der Waals surface area contributed by atoms with Gasteiger partial charge in [0.25, 0.3) is 5.91 Å². The summed E-state index contributed by atoms with van der Waals surface area (Å²) in [5.41, 5.74) is 0.193. The molecular weight excluding hydrogens is 598 g/mol. The Morgan fingerprint density at radius 2 is 1.82 bits per heavy atom. The van der Waals surface area contributed by atoms with E-state index in [1.165, 1.54) is 30.2 Å². The van der Waals surface area contributed by atoms with Crippen molar-refractivity contribution in [2.45, 2.75) is 111 Å². The highest BCUT2D eigenvalue weighted by atomic mass is 32.1. The van der Waals surface area contributed by atoms with Gasteiger partial charge >= 0.3 is 11.9 Å². The number of rotatable bonds is 16. The van der Waals surface area contributed by atoms with Gasteiger partial charge in [-0.25, -0.2) is 4.98 Å². The highest BCUT2D eigenvalue weighted by Gasteiger charge is 2.39. The zero-order chi connectivity index (χ0) is 33.8. The second-order valence-electron chi connectivity index (χ2n) is 12.7. The number of hydrogen-bond acceptors (Lipinski definition) is 10. The number of amides is 3. The molecule has 13 heteroatoms. The van der Waals surface area contributed by atoms with E-state index in [1.807, 2.05) is 53.5 Å². The Morgan fingerprint density at radius 3 is 2.38 bits per heavy atom. The zero-order valence-corrected chi connectivity index (χ0v) is 29.2. The van der Waals surface area contributed by atoms with Crippen LogP contribution in [-0.2, 0) is 28.7 Å². The largest absolute Gasteiger partial charge is 0.455 e. The molecule has 5 atom stereocenters. The molecule has 0 aromatic carbocycles. The maximum atomic E-state index is 14.5. The van der Waals surface area contributed by atoms with Crippen LogP contribution in [0.4, 0.5) is 0 Å². The van der Waals surface area contributed by atoms with Crippen molar-refractivity contribution in [1.82, 2.24) is 25.4 Å². The maximum absolute atomic E-state index is 14.5. The van der Waals surface area contributed by atoms with Gasteiger partial charge in [-0.1, -0.05) is 54.4 Å². The summed E-state index contributed by atoms with van der Waals surface area (Å²) in [6.07, 6.45) is 2.75. The Morgan fingerprint density at radius 1 is 1.13 bits per heavy atom. The molecule has 45 heavy (non-hydrogen) atoms. The maximum Gasteiger partial charge on any atom is 0.307 e. The first-order valence-electron chi connectivity index (χ1n) is 16.0. The zero-order valence-electron chi connectivity index (χ0n) is 28.4. The van der Waals surface area contributed by atoms with Gasteiger partial charge in [0.15, 0.2) is 12.8 Å². The molecule has 2 rings (SSSR count). The van der Waals surface area contributed by atoms with Crippen LogP contribution in [0.1, 0.15) is 109 Å². The van der Waals surface area contributed by atoms with Crippen LogP contribution in [-0.4, -0.2) is 89.9 Å². The SMILES string of the molecule is CC[C@H](C)[C@H](NC(=O)C1CCCCN1C)C(=O)N(COC(=O)CC(C)C)[C@H](C[C@@H](OC(C)=O)c1nc(C(=O)NC)cs1)C(C)C. The molecule has 2 N–H and O–H groups in total. The third kappa shape index (κ3) is 11.4. The summed E-state index contributed by atoms with van der Waals surface area (Å²) in [6.45, 7) is 13.3. The number of likely N-dealkylation sites (tertiary alicyclic amines) is 1. The minimum atomic E-state index is -0.868. The second kappa shape index (κ2) is 18.2. The smallest absolute Gasteiger partial charge is 0.307 e. The number of nitrogens with zero attached hydrogens (tertiary/aromatic N) is 3. The molecule has 1 aromatic rings. The van der Waals surface area contributed by atoms with Crippen molar-refractivity contribution < 1.29 is 33.4 Å². The van der Waals surface area contributed by atoms with Crippen molar-refractivity contribution in [2.75, 3.05) is 27.4 Å². The van der Waals surface area contributed by atoms with Gasteiger partial charge in [0, 0.05) is 38.2 Å². The lowest BCUT2D eigenvalue weighted by molar-refractivity contribution is -0.160. The van der Waals surface area contributed by atoms with E-state index in [-0.39, 0.29) is 66.8 Å². The van der Waals surface area contributed by atoms with Crippen molar-refractivity contribution >= 4 is 41.0 Å². The van der Waals surface area contributed by atoms with Crippen LogP contribution in [0.5, 0.6) is 0 Å². The highest BCUT2D eigenvalue weighted by molar-refractivity contribution is 7.09. The molecule has 1 aliphatic rings. The lowest BCUT2D eigenvalue weighted by atomic mass is 9.92. The van der Waals surface area contributed by atoms with Gasteiger partial charge in [-0.2, -0.15) is 0 Å². The molecule has 1 fully saturated rings. The lowest BCUT2D eigenvalue weighted by Crippen LogP contribution is -2.59. The van der Waals surface area contributed by atoms with Gasteiger partial charge in [-0.05, 0) is 44.2 Å². The normalized spacial score (nSPS) is 18.1. The van der Waals surface area contributed by atoms with Gasteiger partial charge in [0.1, 0.15) is 16.7 Å². The first-order valence-corrected chi connectivity index (χ1v) is 16.9. The Hall–Kier alpha value is -3.06. The van der Waals surface area contributed by atoms with E-state index in [0.29, 0.717) is 17.8 Å². The number of nitrogens with one attached hydrogen (secondary N) is 2. The molecule has 0 radical (unpaired) electrons. The molecule has 0 bridgehead atoms. The van der Waals surface area contributed by atoms with Gasteiger partial charge in [-0.3, -0.25) is 28.9 Å². The fourth-order valence-electron chi connectivity index (χ4n) is 5.42. The number of carbonyl (C=O) groups excluding carboxylic acids is 5. The van der Waals surface area contributed by atoms with E-state index in [9.17, 15) is 24.0 Å². The Kier molecular flexibility index (Phi) is 15.4. The highest BCUT2D eigenvalue weighted by Crippen LogP contribution is 2.31. The molecule has 2 heterocycles. The van der Waals surface area contributed by atoms with E-state index in [4.69, 9.17) is 9.47 Å². The van der Waals surface area contributed by atoms with Gasteiger partial charge < -0.3 is 25.0 Å². The van der Waals surface area contributed by atoms with Crippen LogP contribution < -0.4 is 10.6 Å². The minimum Gasteiger partial charge on any atom is -0.455 e. The van der Waals surface area contributed by atoms with Gasteiger partial charge in [-0.15, -0.1) is 11.3 Å². The molecule has 0 aliphatic carbocycles. The molecule has 3 amide bonds. The van der Waals surface area contributed by atoms with E-state index in [1.54, 1.807) is 5.38 Å². The first kappa shape index (κ1) is 38.1. The molecule has 0 spiro atoms. The van der Waals surface area contributed by atoms with Crippen LogP contribution >= 0.6 is 11.3 Å². The summed E-state index contributed by atoms with van der Waals surface area (Å²) in [5.74, 6) is -2.25. The summed E-state index contributed by atoms with van der Waals surface area (Å²) in [5, 5.41) is 7.58. The second-order valence-corrected chi connectivity index (χ2v) is 13.6. The standard InChI is InChI=1S/C32H53N5O7S/c1-10-21(6)28(35-30(41)24-13-11-12-14-36(24)9)32(42)37(18-43-27(39)15-19(2)3)25(20(4)5)16-26(44-22(7)38)31-34-23(17-45-31)29(40)33-8/h17,19-21,24-26,28H,10-16,18H2,1-9H3,(H,33,40)(H,35,41)/t21-,24?,25+,26+,28-/m0/s1. The summed E-state index contributed by atoms with van der Waals surface area (Å²) in [4.78, 5) is 73.1.